The topological polar surface area (TPSA) is 17.1 Å². The molecule has 0 bridgehead atoms. The minimum Gasteiger partial charge on any atom is -0.302 e. The molecular weight excluding hydrogens is 256 g/mol. The van der Waals surface area contributed by atoms with Gasteiger partial charge in [-0.25, -0.2) is 0 Å². The van der Waals surface area contributed by atoms with Crippen molar-refractivity contribution in [2.75, 3.05) is 0 Å². The lowest BCUT2D eigenvalue weighted by Gasteiger charge is -2.25. The first-order valence-electron chi connectivity index (χ1n) is 6.33. The van der Waals surface area contributed by atoms with Gasteiger partial charge in [-0.15, -0.1) is 0 Å². The minimum absolute atomic E-state index is 0.593. The van der Waals surface area contributed by atoms with Gasteiger partial charge in [0.1, 0.15) is 6.29 Å². The Hall–Kier alpha value is -1.60. The maximum atomic E-state index is 11.6. The van der Waals surface area contributed by atoms with Crippen molar-refractivity contribution < 1.29 is 4.79 Å². The summed E-state index contributed by atoms with van der Waals surface area (Å²) in [4.78, 5) is 11.6. The average molecular weight is 273 g/mol. The summed E-state index contributed by atoms with van der Waals surface area (Å²) in [6, 6.07) is 15.7. The molecule has 0 aliphatic carbocycles. The molecule has 0 saturated heterocycles. The third-order valence-electron chi connectivity index (χ3n) is 3.57. The normalized spacial score (nSPS) is 13.8. The van der Waals surface area contributed by atoms with Crippen LogP contribution < -0.4 is 0 Å². The standard InChI is InChI=1S/C17H17ClO/c1-13-7-3-4-8-14(13)11-17(2,12-19)15-9-5-6-10-16(15)18/h3-10,12H,11H2,1-2H3. The van der Waals surface area contributed by atoms with E-state index in [1.807, 2.05) is 43.3 Å². The molecule has 0 radical (unpaired) electrons. The number of benzene rings is 2. The van der Waals surface area contributed by atoms with Crippen LogP contribution in [0.5, 0.6) is 0 Å². The van der Waals surface area contributed by atoms with E-state index in [0.29, 0.717) is 11.4 Å². The maximum Gasteiger partial charge on any atom is 0.130 e. The first kappa shape index (κ1) is 13.8. The molecule has 2 heteroatoms. The van der Waals surface area contributed by atoms with Crippen LogP contribution in [0, 0.1) is 6.92 Å². The van der Waals surface area contributed by atoms with Gasteiger partial charge in [0.25, 0.3) is 0 Å². The van der Waals surface area contributed by atoms with E-state index in [-0.39, 0.29) is 0 Å². The summed E-state index contributed by atoms with van der Waals surface area (Å²) < 4.78 is 0. The fourth-order valence-corrected chi connectivity index (χ4v) is 2.68. The lowest BCUT2D eigenvalue weighted by Crippen LogP contribution is -2.27. The molecule has 1 atom stereocenters. The molecule has 0 spiro atoms. The van der Waals surface area contributed by atoms with E-state index >= 15 is 0 Å². The summed E-state index contributed by atoms with van der Waals surface area (Å²) in [7, 11) is 0. The van der Waals surface area contributed by atoms with E-state index in [1.54, 1.807) is 0 Å². The molecule has 98 valence electrons. The fourth-order valence-electron chi connectivity index (χ4n) is 2.33. The van der Waals surface area contributed by atoms with Crippen molar-refractivity contribution in [1.82, 2.24) is 0 Å². The molecule has 0 amide bonds. The highest BCUT2D eigenvalue weighted by molar-refractivity contribution is 6.31. The zero-order valence-corrected chi connectivity index (χ0v) is 11.9. The van der Waals surface area contributed by atoms with Crippen LogP contribution in [0.3, 0.4) is 0 Å². The first-order valence-corrected chi connectivity index (χ1v) is 6.70. The van der Waals surface area contributed by atoms with Gasteiger partial charge in [0.05, 0.1) is 5.41 Å². The van der Waals surface area contributed by atoms with Gasteiger partial charge in [0.2, 0.25) is 0 Å². The van der Waals surface area contributed by atoms with Crippen molar-refractivity contribution in [3.8, 4) is 0 Å². The second-order valence-electron chi connectivity index (χ2n) is 5.12. The van der Waals surface area contributed by atoms with E-state index < -0.39 is 5.41 Å². The number of rotatable bonds is 4. The van der Waals surface area contributed by atoms with Crippen LogP contribution in [0.4, 0.5) is 0 Å². The van der Waals surface area contributed by atoms with Gasteiger partial charge in [-0.1, -0.05) is 54.1 Å². The van der Waals surface area contributed by atoms with E-state index in [0.717, 1.165) is 11.8 Å². The number of hydrogen-bond acceptors (Lipinski definition) is 1. The predicted molar refractivity (Wildman–Crippen MR) is 79.8 cm³/mol. The monoisotopic (exact) mass is 272 g/mol. The molecule has 0 aromatic heterocycles. The number of hydrogen-bond donors (Lipinski definition) is 0. The van der Waals surface area contributed by atoms with Crippen molar-refractivity contribution in [3.63, 3.8) is 0 Å². The highest BCUT2D eigenvalue weighted by atomic mass is 35.5. The van der Waals surface area contributed by atoms with Crippen LogP contribution >= 0.6 is 11.6 Å². The van der Waals surface area contributed by atoms with Crippen LogP contribution in [0.15, 0.2) is 48.5 Å². The van der Waals surface area contributed by atoms with Gasteiger partial charge in [-0.2, -0.15) is 0 Å². The van der Waals surface area contributed by atoms with Crippen molar-refractivity contribution in [2.45, 2.75) is 25.7 Å². The zero-order valence-electron chi connectivity index (χ0n) is 11.2. The third-order valence-corrected chi connectivity index (χ3v) is 3.90. The quantitative estimate of drug-likeness (QED) is 0.757. The Bertz CT molecular complexity index is 591. The average Bonchev–Trinajstić information content (AvgIpc) is 2.42. The molecule has 0 N–H and O–H groups in total. The Morgan fingerprint density at radius 3 is 2.37 bits per heavy atom. The lowest BCUT2D eigenvalue weighted by atomic mass is 9.78. The van der Waals surface area contributed by atoms with Gasteiger partial charge < -0.3 is 4.79 Å². The Kier molecular flexibility index (Phi) is 4.06. The molecule has 0 fully saturated rings. The second kappa shape index (κ2) is 5.58. The highest BCUT2D eigenvalue weighted by Gasteiger charge is 2.29. The van der Waals surface area contributed by atoms with Gasteiger partial charge >= 0.3 is 0 Å². The number of aldehydes is 1. The number of carbonyl (C=O) groups is 1. The molecule has 19 heavy (non-hydrogen) atoms. The van der Waals surface area contributed by atoms with E-state index in [2.05, 4.69) is 19.1 Å². The molecule has 2 rings (SSSR count). The van der Waals surface area contributed by atoms with Crippen molar-refractivity contribution in [2.24, 2.45) is 0 Å². The van der Waals surface area contributed by atoms with Crippen LogP contribution in [0.2, 0.25) is 5.02 Å². The van der Waals surface area contributed by atoms with Crippen molar-refractivity contribution in [3.05, 3.63) is 70.2 Å². The second-order valence-corrected chi connectivity index (χ2v) is 5.53. The molecule has 1 nitrogen and oxygen atoms in total. The molecule has 0 aliphatic heterocycles. The summed E-state index contributed by atoms with van der Waals surface area (Å²) in [6.07, 6.45) is 1.66. The predicted octanol–water partition coefficient (Wildman–Crippen LogP) is 4.35. The molecular formula is C17H17ClO. The molecule has 2 aromatic carbocycles. The highest BCUT2D eigenvalue weighted by Crippen LogP contribution is 2.32. The maximum absolute atomic E-state index is 11.6. The van der Waals surface area contributed by atoms with E-state index in [1.165, 1.54) is 11.1 Å². The van der Waals surface area contributed by atoms with Crippen molar-refractivity contribution >= 4 is 17.9 Å². The fraction of sp³-hybridized carbons (Fsp3) is 0.235. The minimum atomic E-state index is -0.593. The van der Waals surface area contributed by atoms with Crippen LogP contribution in [-0.2, 0) is 16.6 Å². The number of carbonyl (C=O) groups excluding carboxylic acids is 1. The van der Waals surface area contributed by atoms with Crippen LogP contribution in [0.1, 0.15) is 23.6 Å². The van der Waals surface area contributed by atoms with Gasteiger partial charge in [0, 0.05) is 5.02 Å². The molecule has 1 unspecified atom stereocenters. The Balaban J connectivity index is 2.42. The molecule has 0 aliphatic rings. The Morgan fingerprint density at radius 2 is 1.74 bits per heavy atom. The van der Waals surface area contributed by atoms with Gasteiger partial charge in [-0.05, 0) is 43.0 Å². The summed E-state index contributed by atoms with van der Waals surface area (Å²) >= 11 is 6.23. The van der Waals surface area contributed by atoms with E-state index in [4.69, 9.17) is 11.6 Å². The third kappa shape index (κ3) is 2.87. The number of halogens is 1. The van der Waals surface area contributed by atoms with Crippen LogP contribution in [-0.4, -0.2) is 6.29 Å². The van der Waals surface area contributed by atoms with Gasteiger partial charge in [-0.3, -0.25) is 0 Å². The molecule has 0 heterocycles. The summed E-state index contributed by atoms with van der Waals surface area (Å²) in [6.45, 7) is 4.00. The zero-order chi connectivity index (χ0) is 13.9. The van der Waals surface area contributed by atoms with Gasteiger partial charge in [0.15, 0.2) is 0 Å². The molecule has 0 saturated carbocycles. The first-order chi connectivity index (χ1) is 9.07. The summed E-state index contributed by atoms with van der Waals surface area (Å²) in [5.41, 5.74) is 2.67. The van der Waals surface area contributed by atoms with Crippen LogP contribution in [0.25, 0.3) is 0 Å². The SMILES string of the molecule is Cc1ccccc1CC(C)(C=O)c1ccccc1Cl. The molecule has 2 aromatic rings. The number of aryl methyl sites for hydroxylation is 1. The van der Waals surface area contributed by atoms with Crippen molar-refractivity contribution in [1.29, 1.82) is 0 Å². The van der Waals surface area contributed by atoms with E-state index in [9.17, 15) is 4.79 Å². The lowest BCUT2D eigenvalue weighted by molar-refractivity contribution is -0.112. The summed E-state index contributed by atoms with van der Waals surface area (Å²) in [5, 5.41) is 0.644. The largest absolute Gasteiger partial charge is 0.302 e. The summed E-state index contributed by atoms with van der Waals surface area (Å²) in [5.74, 6) is 0. The Labute approximate surface area is 119 Å². The smallest absolute Gasteiger partial charge is 0.130 e. The Morgan fingerprint density at radius 1 is 1.11 bits per heavy atom.